The van der Waals surface area contributed by atoms with Crippen LogP contribution < -0.4 is 4.74 Å². The van der Waals surface area contributed by atoms with Crippen molar-refractivity contribution in [1.29, 1.82) is 0 Å². The molecule has 1 atom stereocenters. The molecule has 25 heavy (non-hydrogen) atoms. The van der Waals surface area contributed by atoms with Crippen molar-refractivity contribution in [1.82, 2.24) is 4.47 Å². The number of hydroxylamine groups is 1. The van der Waals surface area contributed by atoms with Gasteiger partial charge in [0.25, 0.3) is 5.91 Å². The number of halogens is 1. The Morgan fingerprint density at radius 2 is 2.00 bits per heavy atom. The standard InChI is InChI=1S/C18H16ClNO4S/c1-2-3-11-24-16-7-9-17(10-8-16)25(23)20(22)18(21)13-14-5-4-6-15(19)12-14/h4-10,12,22H,11,13H2,1H3. The number of nitrogens with zero attached hydrogens (tertiary/aromatic N) is 1. The fourth-order valence-electron chi connectivity index (χ4n) is 1.93. The van der Waals surface area contributed by atoms with Crippen LogP contribution >= 0.6 is 11.6 Å². The molecule has 0 heterocycles. The highest BCUT2D eigenvalue weighted by atomic mass is 35.5. The Balaban J connectivity index is 2.00. The molecule has 1 unspecified atom stereocenters. The van der Waals surface area contributed by atoms with E-state index in [0.717, 1.165) is 0 Å². The van der Waals surface area contributed by atoms with Gasteiger partial charge in [-0.3, -0.25) is 10.0 Å². The Labute approximate surface area is 153 Å². The van der Waals surface area contributed by atoms with Crippen molar-refractivity contribution in [3.63, 3.8) is 0 Å². The molecular weight excluding hydrogens is 362 g/mol. The molecule has 0 aliphatic rings. The number of benzene rings is 2. The maximum atomic E-state index is 12.3. The maximum Gasteiger partial charge on any atom is 0.263 e. The molecule has 0 spiro atoms. The summed E-state index contributed by atoms with van der Waals surface area (Å²) >= 11 is 5.86. The first-order valence-corrected chi connectivity index (χ1v) is 8.80. The predicted octanol–water partition coefficient (Wildman–Crippen LogP) is 3.23. The van der Waals surface area contributed by atoms with E-state index in [4.69, 9.17) is 16.3 Å². The van der Waals surface area contributed by atoms with Gasteiger partial charge in [0.2, 0.25) is 0 Å². The van der Waals surface area contributed by atoms with Crippen LogP contribution in [-0.4, -0.2) is 26.4 Å². The highest BCUT2D eigenvalue weighted by Gasteiger charge is 2.20. The molecule has 0 radical (unpaired) electrons. The predicted molar refractivity (Wildman–Crippen MR) is 95.6 cm³/mol. The maximum absolute atomic E-state index is 12.3. The lowest BCUT2D eigenvalue weighted by Crippen LogP contribution is -2.30. The van der Waals surface area contributed by atoms with E-state index in [-0.39, 0.29) is 22.4 Å². The first-order valence-electron chi connectivity index (χ1n) is 7.32. The second kappa shape index (κ2) is 9.23. The highest BCUT2D eigenvalue weighted by molar-refractivity contribution is 7.83. The van der Waals surface area contributed by atoms with Crippen molar-refractivity contribution in [3.8, 4) is 17.6 Å². The van der Waals surface area contributed by atoms with Gasteiger partial charge >= 0.3 is 0 Å². The van der Waals surface area contributed by atoms with Gasteiger partial charge in [-0.2, -0.15) is 0 Å². The number of amides is 1. The first-order chi connectivity index (χ1) is 12.0. The second-order valence-electron chi connectivity index (χ2n) is 4.91. The fraction of sp³-hybridized carbons (Fsp3) is 0.167. The van der Waals surface area contributed by atoms with E-state index in [1.54, 1.807) is 43.3 Å². The molecule has 0 aliphatic carbocycles. The number of ether oxygens (including phenoxy) is 1. The minimum absolute atomic E-state index is 0.111. The average molecular weight is 378 g/mol. The summed E-state index contributed by atoms with van der Waals surface area (Å²) in [5.74, 6) is 5.33. The quantitative estimate of drug-likeness (QED) is 0.477. The second-order valence-corrected chi connectivity index (χ2v) is 6.66. The van der Waals surface area contributed by atoms with Gasteiger partial charge in [0.15, 0.2) is 11.0 Å². The molecule has 130 valence electrons. The Hall–Kier alpha value is -2.33. The van der Waals surface area contributed by atoms with E-state index < -0.39 is 16.9 Å². The minimum atomic E-state index is -2.03. The van der Waals surface area contributed by atoms with Crippen molar-refractivity contribution in [2.24, 2.45) is 0 Å². The zero-order valence-corrected chi connectivity index (χ0v) is 15.0. The fourth-order valence-corrected chi connectivity index (χ4v) is 2.96. The van der Waals surface area contributed by atoms with Gasteiger partial charge in [-0.1, -0.05) is 29.7 Å². The van der Waals surface area contributed by atoms with Crippen molar-refractivity contribution in [2.45, 2.75) is 18.2 Å². The van der Waals surface area contributed by atoms with Gasteiger partial charge in [0, 0.05) is 5.02 Å². The summed E-state index contributed by atoms with van der Waals surface area (Å²) in [6.45, 7) is 1.97. The van der Waals surface area contributed by atoms with E-state index in [2.05, 4.69) is 11.8 Å². The van der Waals surface area contributed by atoms with Gasteiger partial charge in [-0.05, 0) is 48.9 Å². The molecule has 1 N–H and O–H groups in total. The summed E-state index contributed by atoms with van der Waals surface area (Å²) in [4.78, 5) is 12.4. The van der Waals surface area contributed by atoms with Crippen LogP contribution in [-0.2, 0) is 22.2 Å². The molecule has 0 aliphatic heterocycles. The summed E-state index contributed by atoms with van der Waals surface area (Å²) in [6, 6.07) is 12.9. The van der Waals surface area contributed by atoms with Gasteiger partial charge in [-0.25, -0.2) is 4.21 Å². The van der Waals surface area contributed by atoms with E-state index in [1.807, 2.05) is 0 Å². The van der Waals surface area contributed by atoms with Gasteiger partial charge in [0.05, 0.1) is 11.3 Å². The third kappa shape index (κ3) is 5.61. The molecule has 7 heteroatoms. The van der Waals surface area contributed by atoms with E-state index in [0.29, 0.717) is 16.3 Å². The molecule has 0 fully saturated rings. The van der Waals surface area contributed by atoms with Crippen LogP contribution in [0.25, 0.3) is 0 Å². The van der Waals surface area contributed by atoms with Crippen LogP contribution in [0.2, 0.25) is 5.02 Å². The number of rotatable bonds is 6. The van der Waals surface area contributed by atoms with Gasteiger partial charge < -0.3 is 4.74 Å². The summed E-state index contributed by atoms with van der Waals surface area (Å²) in [5.41, 5.74) is 0.620. The topological polar surface area (TPSA) is 66.8 Å². The largest absolute Gasteiger partial charge is 0.481 e. The smallest absolute Gasteiger partial charge is 0.263 e. The Bertz CT molecular complexity index is 827. The van der Waals surface area contributed by atoms with Gasteiger partial charge in [-0.15, -0.1) is 10.4 Å². The van der Waals surface area contributed by atoms with Crippen LogP contribution in [0, 0.1) is 11.8 Å². The van der Waals surface area contributed by atoms with Crippen molar-refractivity contribution in [3.05, 3.63) is 59.1 Å². The summed E-state index contributed by atoms with van der Waals surface area (Å²) < 4.78 is 17.9. The lowest BCUT2D eigenvalue weighted by atomic mass is 10.1. The molecule has 2 aromatic rings. The third-order valence-corrected chi connectivity index (χ3v) is 4.56. The Morgan fingerprint density at radius 1 is 1.28 bits per heavy atom. The summed E-state index contributed by atoms with van der Waals surface area (Å²) in [5, 5.41) is 10.4. The van der Waals surface area contributed by atoms with Crippen LogP contribution in [0.5, 0.6) is 5.75 Å². The molecular formula is C18H16ClNO4S. The highest BCUT2D eigenvalue weighted by Crippen LogP contribution is 2.17. The van der Waals surface area contributed by atoms with E-state index in [1.165, 1.54) is 12.1 Å². The van der Waals surface area contributed by atoms with Crippen LogP contribution in [0.4, 0.5) is 0 Å². The Morgan fingerprint density at radius 3 is 2.64 bits per heavy atom. The molecule has 0 saturated carbocycles. The lowest BCUT2D eigenvalue weighted by molar-refractivity contribution is -0.144. The zero-order valence-electron chi connectivity index (χ0n) is 13.4. The molecule has 5 nitrogen and oxygen atoms in total. The lowest BCUT2D eigenvalue weighted by Gasteiger charge is -2.14. The van der Waals surface area contributed by atoms with Crippen LogP contribution in [0.3, 0.4) is 0 Å². The van der Waals surface area contributed by atoms with Crippen molar-refractivity contribution >= 4 is 28.5 Å². The average Bonchev–Trinajstić information content (AvgIpc) is 2.61. The SMILES string of the molecule is CC#CCOc1ccc(S(=O)N(O)C(=O)Cc2cccc(Cl)c2)cc1. The number of carbonyl (C=O) groups excluding carboxylic acids is 1. The third-order valence-electron chi connectivity index (χ3n) is 3.13. The Kier molecular flexibility index (Phi) is 7.02. The number of hydrogen-bond acceptors (Lipinski definition) is 4. The normalized spacial score (nSPS) is 11.2. The molecule has 2 aromatic carbocycles. The summed E-state index contributed by atoms with van der Waals surface area (Å²) in [6.07, 6.45) is -0.111. The molecule has 1 amide bonds. The molecule has 0 aromatic heterocycles. The summed E-state index contributed by atoms with van der Waals surface area (Å²) in [7, 11) is -2.03. The van der Waals surface area contributed by atoms with Crippen molar-refractivity contribution < 1.29 is 18.9 Å². The van der Waals surface area contributed by atoms with Crippen molar-refractivity contribution in [2.75, 3.05) is 6.61 Å². The zero-order chi connectivity index (χ0) is 18.2. The van der Waals surface area contributed by atoms with Crippen LogP contribution in [0.1, 0.15) is 12.5 Å². The molecule has 2 rings (SSSR count). The van der Waals surface area contributed by atoms with Gasteiger partial charge in [0.1, 0.15) is 12.4 Å². The van der Waals surface area contributed by atoms with Crippen LogP contribution in [0.15, 0.2) is 53.4 Å². The van der Waals surface area contributed by atoms with E-state index >= 15 is 0 Å². The first kappa shape index (κ1) is 19.0. The molecule has 0 bridgehead atoms. The molecule has 0 saturated heterocycles. The number of carbonyl (C=O) groups is 1. The monoisotopic (exact) mass is 377 g/mol. The number of hydrogen-bond donors (Lipinski definition) is 1. The van der Waals surface area contributed by atoms with E-state index in [9.17, 15) is 14.2 Å². The minimum Gasteiger partial charge on any atom is -0.481 e.